The third-order valence-corrected chi connectivity index (χ3v) is 4.32. The highest BCUT2D eigenvalue weighted by atomic mass is 127. The van der Waals surface area contributed by atoms with Gasteiger partial charge in [0.05, 0.1) is 21.7 Å². The number of imidazole rings is 1. The lowest BCUT2D eigenvalue weighted by molar-refractivity contribution is 0.629. The van der Waals surface area contributed by atoms with Crippen LogP contribution in [0, 0.1) is 9.39 Å². The van der Waals surface area contributed by atoms with E-state index in [1.165, 1.54) is 12.1 Å². The second-order valence-corrected chi connectivity index (χ2v) is 6.56. The van der Waals surface area contributed by atoms with Crippen LogP contribution in [0.3, 0.4) is 0 Å². The molecular weight excluding hydrogens is 425 g/mol. The Morgan fingerprint density at radius 2 is 2.00 bits per heavy atom. The first kappa shape index (κ1) is 15.1. The molecule has 1 aromatic heterocycles. The summed E-state index contributed by atoms with van der Waals surface area (Å²) < 4.78 is 16.4. The predicted molar refractivity (Wildman–Crippen MR) is 93.2 cm³/mol. The molecule has 0 radical (unpaired) electrons. The number of alkyl halides is 1. The Kier molecular flexibility index (Phi) is 4.38. The Bertz CT molecular complexity index is 817. The van der Waals surface area contributed by atoms with Gasteiger partial charge in [0, 0.05) is 21.9 Å². The van der Waals surface area contributed by atoms with Gasteiger partial charge in [0.15, 0.2) is 0 Å². The van der Waals surface area contributed by atoms with Crippen molar-refractivity contribution in [2.24, 2.45) is 0 Å². The Morgan fingerprint density at radius 3 is 2.71 bits per heavy atom. The third kappa shape index (κ3) is 2.89. The largest absolute Gasteiger partial charge is 0.295 e. The molecule has 6 heteroatoms. The summed E-state index contributed by atoms with van der Waals surface area (Å²) in [6.45, 7) is 0. The average molecular weight is 435 g/mol. The van der Waals surface area contributed by atoms with Crippen molar-refractivity contribution in [2.45, 2.75) is 6.42 Å². The third-order valence-electron chi connectivity index (χ3n) is 3.15. The second-order valence-electron chi connectivity index (χ2n) is 4.53. The van der Waals surface area contributed by atoms with Gasteiger partial charge in [0.1, 0.15) is 11.6 Å². The molecule has 0 amide bonds. The lowest BCUT2D eigenvalue weighted by atomic mass is 10.2. The second kappa shape index (κ2) is 6.10. The average Bonchev–Trinajstić information content (AvgIpc) is 2.76. The van der Waals surface area contributed by atoms with Crippen LogP contribution in [0.1, 0.15) is 5.82 Å². The summed E-state index contributed by atoms with van der Waals surface area (Å²) in [6, 6.07) is 10.4. The predicted octanol–water partition coefficient (Wildman–Crippen LogP) is 5.20. The zero-order chi connectivity index (χ0) is 15.0. The molecule has 108 valence electrons. The normalized spacial score (nSPS) is 11.2. The van der Waals surface area contributed by atoms with Crippen LogP contribution in [0.15, 0.2) is 36.4 Å². The molecule has 0 unspecified atom stereocenters. The van der Waals surface area contributed by atoms with Gasteiger partial charge in [0.2, 0.25) is 0 Å². The Hall–Kier alpha value is -0.850. The van der Waals surface area contributed by atoms with Gasteiger partial charge < -0.3 is 0 Å². The maximum Gasteiger partial charge on any atom is 0.125 e. The summed E-state index contributed by atoms with van der Waals surface area (Å²) in [5.41, 5.74) is 2.25. The Balaban J connectivity index is 2.30. The van der Waals surface area contributed by atoms with Crippen molar-refractivity contribution in [1.82, 2.24) is 9.55 Å². The maximum absolute atomic E-state index is 13.4. The van der Waals surface area contributed by atoms with E-state index in [-0.39, 0.29) is 5.82 Å². The van der Waals surface area contributed by atoms with Crippen molar-refractivity contribution in [2.75, 3.05) is 5.88 Å². The van der Waals surface area contributed by atoms with Gasteiger partial charge in [-0.1, -0.05) is 11.6 Å². The number of fused-ring (bicyclic) bond motifs is 1. The first-order chi connectivity index (χ1) is 10.1. The summed E-state index contributed by atoms with van der Waals surface area (Å²) in [7, 11) is 0. The van der Waals surface area contributed by atoms with Crippen molar-refractivity contribution in [3.63, 3.8) is 0 Å². The molecule has 21 heavy (non-hydrogen) atoms. The molecule has 0 aliphatic heterocycles. The van der Waals surface area contributed by atoms with Crippen molar-refractivity contribution < 1.29 is 4.39 Å². The molecular formula is C15H10Cl2FIN2. The van der Waals surface area contributed by atoms with E-state index in [2.05, 4.69) is 27.6 Å². The summed E-state index contributed by atoms with van der Waals surface area (Å²) >= 11 is 14.4. The minimum absolute atomic E-state index is 0.307. The summed E-state index contributed by atoms with van der Waals surface area (Å²) in [5, 5.41) is 0.626. The number of aryl methyl sites for hydroxylation is 1. The molecule has 2 aromatic carbocycles. The number of nitrogens with zero attached hydrogens (tertiary/aromatic N) is 2. The minimum atomic E-state index is -0.307. The fourth-order valence-corrected chi connectivity index (χ4v) is 3.40. The maximum atomic E-state index is 13.4. The molecule has 0 aliphatic carbocycles. The van der Waals surface area contributed by atoms with Crippen LogP contribution in [0.5, 0.6) is 0 Å². The van der Waals surface area contributed by atoms with Crippen LogP contribution < -0.4 is 0 Å². The molecule has 0 fully saturated rings. The van der Waals surface area contributed by atoms with Gasteiger partial charge >= 0.3 is 0 Å². The van der Waals surface area contributed by atoms with Crippen LogP contribution in [0.25, 0.3) is 16.7 Å². The van der Waals surface area contributed by atoms with Crippen molar-refractivity contribution >= 4 is 56.8 Å². The first-order valence-corrected chi connectivity index (χ1v) is 8.27. The summed E-state index contributed by atoms with van der Waals surface area (Å²) in [4.78, 5) is 4.48. The van der Waals surface area contributed by atoms with Gasteiger partial charge in [-0.05, 0) is 52.9 Å². The Morgan fingerprint density at radius 1 is 1.19 bits per heavy atom. The van der Waals surface area contributed by atoms with Crippen LogP contribution in [0.4, 0.5) is 4.39 Å². The molecule has 0 spiro atoms. The molecule has 3 rings (SSSR count). The molecule has 1 heterocycles. The van der Waals surface area contributed by atoms with E-state index < -0.39 is 0 Å². The van der Waals surface area contributed by atoms with Crippen LogP contribution in [0.2, 0.25) is 5.02 Å². The number of hydrogen-bond donors (Lipinski definition) is 0. The number of rotatable bonds is 3. The lowest BCUT2D eigenvalue weighted by Crippen LogP contribution is -2.03. The number of hydrogen-bond acceptors (Lipinski definition) is 1. The van der Waals surface area contributed by atoms with E-state index in [0.717, 1.165) is 20.6 Å². The standard InChI is InChI=1S/C15H10Cl2FIN2/c16-6-5-15-20-12-7-9(18)1-3-14(12)21(15)13-4-2-10(19)8-11(13)17/h1-4,7-8H,5-6H2. The van der Waals surface area contributed by atoms with Gasteiger partial charge in [-0.3, -0.25) is 4.57 Å². The van der Waals surface area contributed by atoms with E-state index in [9.17, 15) is 4.39 Å². The van der Waals surface area contributed by atoms with E-state index in [0.29, 0.717) is 22.8 Å². The zero-order valence-electron chi connectivity index (χ0n) is 10.8. The van der Waals surface area contributed by atoms with Crippen molar-refractivity contribution in [3.8, 4) is 5.69 Å². The minimum Gasteiger partial charge on any atom is -0.295 e. The number of benzene rings is 2. The molecule has 0 atom stereocenters. The van der Waals surface area contributed by atoms with E-state index in [4.69, 9.17) is 23.2 Å². The highest BCUT2D eigenvalue weighted by molar-refractivity contribution is 14.1. The SMILES string of the molecule is Fc1ccc2c(c1)nc(CCCl)n2-c1ccc(I)cc1Cl. The van der Waals surface area contributed by atoms with Gasteiger partial charge in [0.25, 0.3) is 0 Å². The zero-order valence-corrected chi connectivity index (χ0v) is 14.5. The van der Waals surface area contributed by atoms with Gasteiger partial charge in [-0.25, -0.2) is 9.37 Å². The fraction of sp³-hybridized carbons (Fsp3) is 0.133. The highest BCUT2D eigenvalue weighted by Crippen LogP contribution is 2.29. The van der Waals surface area contributed by atoms with E-state index in [1.807, 2.05) is 22.8 Å². The lowest BCUT2D eigenvalue weighted by Gasteiger charge is -2.11. The first-order valence-electron chi connectivity index (χ1n) is 6.28. The fourth-order valence-electron chi connectivity index (χ4n) is 2.29. The van der Waals surface area contributed by atoms with E-state index >= 15 is 0 Å². The van der Waals surface area contributed by atoms with Gasteiger partial charge in [-0.15, -0.1) is 11.6 Å². The molecule has 0 aliphatic rings. The summed E-state index contributed by atoms with van der Waals surface area (Å²) in [6.07, 6.45) is 0.584. The van der Waals surface area contributed by atoms with E-state index in [1.54, 1.807) is 6.07 Å². The molecule has 0 bridgehead atoms. The van der Waals surface area contributed by atoms with Crippen molar-refractivity contribution in [3.05, 3.63) is 56.6 Å². The number of aromatic nitrogens is 2. The molecule has 0 N–H and O–H groups in total. The molecule has 2 nitrogen and oxygen atoms in total. The topological polar surface area (TPSA) is 17.8 Å². The molecule has 0 saturated carbocycles. The van der Waals surface area contributed by atoms with Gasteiger partial charge in [-0.2, -0.15) is 0 Å². The highest BCUT2D eigenvalue weighted by Gasteiger charge is 2.15. The van der Waals surface area contributed by atoms with Crippen molar-refractivity contribution in [1.29, 1.82) is 0 Å². The van der Waals surface area contributed by atoms with Crippen LogP contribution in [-0.2, 0) is 6.42 Å². The smallest absolute Gasteiger partial charge is 0.125 e. The van der Waals surface area contributed by atoms with Crippen LogP contribution in [-0.4, -0.2) is 15.4 Å². The monoisotopic (exact) mass is 434 g/mol. The number of halogens is 4. The Labute approximate surface area is 145 Å². The van der Waals surface area contributed by atoms with Crippen LogP contribution >= 0.6 is 45.8 Å². The quantitative estimate of drug-likeness (QED) is 0.409. The molecule has 0 saturated heterocycles. The summed E-state index contributed by atoms with van der Waals surface area (Å²) in [5.74, 6) is 0.903. The molecule has 3 aromatic rings.